The van der Waals surface area contributed by atoms with Gasteiger partial charge in [-0.1, -0.05) is 50.2 Å². The van der Waals surface area contributed by atoms with Crippen LogP contribution >= 0.6 is 0 Å². The first-order valence-corrected chi connectivity index (χ1v) is 12.3. The Morgan fingerprint density at radius 2 is 1.62 bits per heavy atom. The summed E-state index contributed by atoms with van der Waals surface area (Å²) in [5.41, 5.74) is 1.62. The Morgan fingerprint density at radius 1 is 0.872 bits per heavy atom. The van der Waals surface area contributed by atoms with Gasteiger partial charge in [0.2, 0.25) is 0 Å². The van der Waals surface area contributed by atoms with E-state index in [1.54, 1.807) is 48.8 Å². The van der Waals surface area contributed by atoms with Gasteiger partial charge in [-0.2, -0.15) is 13.2 Å². The van der Waals surface area contributed by atoms with Gasteiger partial charge in [0.25, 0.3) is 0 Å². The zero-order chi connectivity index (χ0) is 27.7. The molecule has 3 aromatic carbocycles. The number of nitrogens with zero attached hydrogens (tertiary/aromatic N) is 3. The van der Waals surface area contributed by atoms with Crippen LogP contribution in [0.25, 0.3) is 33.9 Å². The highest BCUT2D eigenvalue weighted by molar-refractivity contribution is 5.70. The van der Waals surface area contributed by atoms with E-state index in [9.17, 15) is 22.0 Å². The Balaban J connectivity index is 1.37. The number of rotatable bonds is 7. The van der Waals surface area contributed by atoms with Gasteiger partial charge in [0.15, 0.2) is 17.5 Å². The number of ether oxygens (including phenoxy) is 1. The maximum atomic E-state index is 14.2. The van der Waals surface area contributed by atoms with E-state index in [2.05, 4.69) is 9.97 Å². The maximum absolute atomic E-state index is 14.2. The number of imidazole rings is 1. The first-order chi connectivity index (χ1) is 18.6. The lowest BCUT2D eigenvalue weighted by Crippen LogP contribution is -2.09. The molecule has 2 heterocycles. The molecular weight excluding hydrogens is 513 g/mol. The molecule has 0 radical (unpaired) electrons. The van der Waals surface area contributed by atoms with Crippen molar-refractivity contribution in [3.63, 3.8) is 0 Å². The lowest BCUT2D eigenvalue weighted by atomic mass is 9.98. The molecule has 5 rings (SSSR count). The minimum Gasteiger partial charge on any atom is -0.493 e. The SMILES string of the molecule is CC(C)COc1ccc(-c2ccc(Cn3ccc4nc(-c5cccc(F)c5F)nc-4c3)cc2)c(C(F)(F)F)c1. The van der Waals surface area contributed by atoms with E-state index in [0.29, 0.717) is 30.1 Å². The molecule has 3 aromatic rings. The molecule has 0 saturated carbocycles. The first-order valence-electron chi connectivity index (χ1n) is 12.3. The van der Waals surface area contributed by atoms with Crippen LogP contribution in [0.4, 0.5) is 22.0 Å². The molecular formula is C30H24F5N3O. The number of alkyl halides is 3. The van der Waals surface area contributed by atoms with Crippen LogP contribution in [0.2, 0.25) is 0 Å². The molecule has 2 aliphatic heterocycles. The van der Waals surface area contributed by atoms with E-state index >= 15 is 0 Å². The van der Waals surface area contributed by atoms with Crippen LogP contribution in [-0.2, 0) is 12.7 Å². The third-order valence-electron chi connectivity index (χ3n) is 6.13. The second-order valence-electron chi connectivity index (χ2n) is 9.64. The van der Waals surface area contributed by atoms with Crippen LogP contribution in [0.5, 0.6) is 5.75 Å². The normalized spacial score (nSPS) is 11.9. The van der Waals surface area contributed by atoms with Gasteiger partial charge in [0, 0.05) is 18.9 Å². The average molecular weight is 538 g/mol. The van der Waals surface area contributed by atoms with E-state index in [4.69, 9.17) is 4.74 Å². The zero-order valence-electron chi connectivity index (χ0n) is 21.1. The van der Waals surface area contributed by atoms with Crippen molar-refractivity contribution in [1.29, 1.82) is 0 Å². The second-order valence-corrected chi connectivity index (χ2v) is 9.64. The van der Waals surface area contributed by atoms with Gasteiger partial charge in [-0.15, -0.1) is 0 Å². The van der Waals surface area contributed by atoms with Crippen LogP contribution in [0, 0.1) is 17.6 Å². The van der Waals surface area contributed by atoms with Crippen molar-refractivity contribution >= 4 is 0 Å². The number of aromatic nitrogens is 3. The average Bonchev–Trinajstić information content (AvgIpc) is 3.32. The van der Waals surface area contributed by atoms with Crippen LogP contribution in [0.1, 0.15) is 25.0 Å². The van der Waals surface area contributed by atoms with Crippen molar-refractivity contribution in [2.24, 2.45) is 5.92 Å². The third kappa shape index (κ3) is 5.77. The number of pyridine rings is 1. The van der Waals surface area contributed by atoms with E-state index in [1.165, 1.54) is 18.2 Å². The van der Waals surface area contributed by atoms with Gasteiger partial charge in [0.05, 0.1) is 23.4 Å². The molecule has 0 amide bonds. The number of fused-ring (bicyclic) bond motifs is 1. The van der Waals surface area contributed by atoms with Crippen molar-refractivity contribution in [1.82, 2.24) is 14.5 Å². The Morgan fingerprint density at radius 3 is 2.33 bits per heavy atom. The molecule has 0 aliphatic carbocycles. The lowest BCUT2D eigenvalue weighted by Gasteiger charge is -2.16. The van der Waals surface area contributed by atoms with Crippen molar-refractivity contribution in [2.75, 3.05) is 6.61 Å². The molecule has 0 atom stereocenters. The van der Waals surface area contributed by atoms with Gasteiger partial charge < -0.3 is 9.30 Å². The molecule has 2 aliphatic rings. The Hall–Kier alpha value is -4.27. The third-order valence-corrected chi connectivity index (χ3v) is 6.13. The second kappa shape index (κ2) is 10.5. The summed E-state index contributed by atoms with van der Waals surface area (Å²) in [6.45, 7) is 4.60. The molecule has 200 valence electrons. The molecule has 0 unspecified atom stereocenters. The molecule has 0 bridgehead atoms. The summed E-state index contributed by atoms with van der Waals surface area (Å²) in [5.74, 6) is -1.52. The van der Waals surface area contributed by atoms with Gasteiger partial charge in [0.1, 0.15) is 11.4 Å². The Bertz CT molecular complexity index is 1570. The standard InChI is InChI=1S/C30H24F5N3O/c1-18(2)17-39-21-10-11-22(24(14-21)30(33,34)35)20-8-6-19(7-9-20)15-38-13-12-26-27(16-38)37-29(36-26)23-4-3-5-25(31)28(23)32/h3-14,16,18H,15,17H2,1-2H3. The molecule has 0 spiro atoms. The molecule has 0 saturated heterocycles. The highest BCUT2D eigenvalue weighted by atomic mass is 19.4. The van der Waals surface area contributed by atoms with Gasteiger partial charge in [-0.05, 0) is 52.9 Å². The molecule has 0 aromatic heterocycles. The lowest BCUT2D eigenvalue weighted by molar-refractivity contribution is -0.137. The summed E-state index contributed by atoms with van der Waals surface area (Å²) in [7, 11) is 0. The predicted molar refractivity (Wildman–Crippen MR) is 138 cm³/mol. The molecule has 9 heteroatoms. The van der Waals surface area contributed by atoms with Gasteiger partial charge in [-0.3, -0.25) is 0 Å². The fourth-order valence-electron chi connectivity index (χ4n) is 4.21. The number of benzene rings is 3. The zero-order valence-corrected chi connectivity index (χ0v) is 21.1. The minimum atomic E-state index is -4.54. The topological polar surface area (TPSA) is 39.9 Å². The van der Waals surface area contributed by atoms with Crippen LogP contribution in [-0.4, -0.2) is 21.1 Å². The van der Waals surface area contributed by atoms with Crippen molar-refractivity contribution in [3.8, 4) is 39.7 Å². The van der Waals surface area contributed by atoms with Gasteiger partial charge >= 0.3 is 6.18 Å². The number of hydrogen-bond donors (Lipinski definition) is 0. The summed E-state index contributed by atoms with van der Waals surface area (Å²) < 4.78 is 76.7. The van der Waals surface area contributed by atoms with Crippen LogP contribution < -0.4 is 4.74 Å². The Kier molecular flexibility index (Phi) is 7.08. The monoisotopic (exact) mass is 537 g/mol. The summed E-state index contributed by atoms with van der Waals surface area (Å²) in [6.07, 6.45) is -1.03. The predicted octanol–water partition coefficient (Wildman–Crippen LogP) is 8.10. The van der Waals surface area contributed by atoms with Gasteiger partial charge in [-0.25, -0.2) is 18.7 Å². The summed E-state index contributed by atoms with van der Waals surface area (Å²) >= 11 is 0. The highest BCUT2D eigenvalue weighted by Crippen LogP contribution is 2.39. The maximum Gasteiger partial charge on any atom is 0.417 e. The molecule has 0 fully saturated rings. The van der Waals surface area contributed by atoms with Crippen LogP contribution in [0.3, 0.4) is 0 Å². The minimum absolute atomic E-state index is 0.0221. The molecule has 39 heavy (non-hydrogen) atoms. The quantitative estimate of drug-likeness (QED) is 0.197. The number of halogens is 5. The first kappa shape index (κ1) is 26.3. The van der Waals surface area contributed by atoms with Crippen molar-refractivity contribution in [3.05, 3.63) is 102 Å². The smallest absolute Gasteiger partial charge is 0.417 e. The van der Waals surface area contributed by atoms with E-state index in [1.807, 2.05) is 18.4 Å². The largest absolute Gasteiger partial charge is 0.493 e. The van der Waals surface area contributed by atoms with Crippen molar-refractivity contribution < 1.29 is 26.7 Å². The van der Waals surface area contributed by atoms with Crippen molar-refractivity contribution in [2.45, 2.75) is 26.6 Å². The number of hydrogen-bond acceptors (Lipinski definition) is 3. The summed E-state index contributed by atoms with van der Waals surface area (Å²) in [5, 5.41) is 0. The fourth-order valence-corrected chi connectivity index (χ4v) is 4.21. The summed E-state index contributed by atoms with van der Waals surface area (Å²) in [4.78, 5) is 8.65. The molecule has 0 N–H and O–H groups in total. The Labute approximate surface area is 222 Å². The van der Waals surface area contributed by atoms with Crippen LogP contribution in [0.15, 0.2) is 79.1 Å². The highest BCUT2D eigenvalue weighted by Gasteiger charge is 2.34. The molecule has 4 nitrogen and oxygen atoms in total. The van der Waals surface area contributed by atoms with E-state index in [0.717, 1.165) is 17.7 Å². The van der Waals surface area contributed by atoms with E-state index in [-0.39, 0.29) is 28.6 Å². The fraction of sp³-hybridized carbons (Fsp3) is 0.200. The van der Waals surface area contributed by atoms with E-state index < -0.39 is 23.4 Å². The summed E-state index contributed by atoms with van der Waals surface area (Å²) in [6, 6.07) is 16.4.